The van der Waals surface area contributed by atoms with Crippen molar-refractivity contribution in [1.29, 1.82) is 0 Å². The summed E-state index contributed by atoms with van der Waals surface area (Å²) in [6.07, 6.45) is 2.42. The number of hydrogen-bond donors (Lipinski definition) is 1. The van der Waals surface area contributed by atoms with Crippen molar-refractivity contribution in [1.82, 2.24) is 15.1 Å². The minimum Gasteiger partial charge on any atom is -0.378 e. The zero-order valence-electron chi connectivity index (χ0n) is 13.3. The van der Waals surface area contributed by atoms with Gasteiger partial charge in [0.15, 0.2) is 0 Å². The molecule has 3 unspecified atom stereocenters. The highest BCUT2D eigenvalue weighted by Gasteiger charge is 2.37. The smallest absolute Gasteiger partial charge is 0.240 e. The highest BCUT2D eigenvalue weighted by molar-refractivity contribution is 5.81. The van der Waals surface area contributed by atoms with Gasteiger partial charge >= 0.3 is 0 Å². The van der Waals surface area contributed by atoms with E-state index < -0.39 is 0 Å². The van der Waals surface area contributed by atoms with E-state index in [9.17, 15) is 4.79 Å². The molecule has 0 aromatic carbocycles. The maximum atomic E-state index is 12.4. The molecule has 0 aromatic heterocycles. The van der Waals surface area contributed by atoms with E-state index in [1.807, 2.05) is 14.1 Å². The summed E-state index contributed by atoms with van der Waals surface area (Å²) in [5, 5.41) is 3.35. The van der Waals surface area contributed by atoms with Crippen LogP contribution in [-0.2, 0) is 9.53 Å². The first-order chi connectivity index (χ1) is 9.50. The normalized spacial score (nSPS) is 32.4. The van der Waals surface area contributed by atoms with Gasteiger partial charge in [0.1, 0.15) is 6.04 Å². The molecule has 0 aromatic rings. The van der Waals surface area contributed by atoms with Gasteiger partial charge < -0.3 is 15.0 Å². The molecule has 0 bridgehead atoms. The lowest BCUT2D eigenvalue weighted by molar-refractivity contribution is -0.138. The molecule has 1 N–H and O–H groups in total. The summed E-state index contributed by atoms with van der Waals surface area (Å²) in [6, 6.07) is 0.460. The van der Waals surface area contributed by atoms with Gasteiger partial charge in [0.2, 0.25) is 5.91 Å². The van der Waals surface area contributed by atoms with Crippen LogP contribution in [0.3, 0.4) is 0 Å². The number of rotatable bonds is 3. The van der Waals surface area contributed by atoms with Crippen LogP contribution in [0.4, 0.5) is 0 Å². The second-order valence-electron chi connectivity index (χ2n) is 6.52. The predicted octanol–water partition coefficient (Wildman–Crippen LogP) is 0.552. The van der Waals surface area contributed by atoms with Crippen LogP contribution in [0.1, 0.15) is 26.7 Å². The summed E-state index contributed by atoms with van der Waals surface area (Å²) in [6.45, 7) is 7.95. The van der Waals surface area contributed by atoms with Crippen molar-refractivity contribution in [2.75, 3.05) is 40.3 Å². The number of amides is 1. The minimum atomic E-state index is -0.0188. The maximum Gasteiger partial charge on any atom is 0.240 e. The molecule has 0 spiro atoms. The average molecular weight is 283 g/mol. The van der Waals surface area contributed by atoms with Crippen molar-refractivity contribution in [3.8, 4) is 0 Å². The molecule has 2 fully saturated rings. The fraction of sp³-hybridized carbons (Fsp3) is 0.933. The Morgan fingerprint density at radius 2 is 2.15 bits per heavy atom. The molecule has 2 heterocycles. The van der Waals surface area contributed by atoms with Gasteiger partial charge in [-0.05, 0) is 18.8 Å². The molecule has 5 heteroatoms. The third kappa shape index (κ3) is 3.51. The van der Waals surface area contributed by atoms with Crippen molar-refractivity contribution < 1.29 is 9.53 Å². The molecule has 3 atom stereocenters. The number of piperazine rings is 1. The first-order valence-corrected chi connectivity index (χ1v) is 7.80. The molecule has 0 aliphatic carbocycles. The van der Waals surface area contributed by atoms with Crippen molar-refractivity contribution in [3.05, 3.63) is 0 Å². The third-order valence-electron chi connectivity index (χ3n) is 4.51. The van der Waals surface area contributed by atoms with E-state index >= 15 is 0 Å². The van der Waals surface area contributed by atoms with E-state index in [0.717, 1.165) is 39.1 Å². The number of ether oxygens (including phenoxy) is 1. The molecule has 5 nitrogen and oxygen atoms in total. The van der Waals surface area contributed by atoms with Gasteiger partial charge in [-0.3, -0.25) is 9.69 Å². The minimum absolute atomic E-state index is 0.0188. The van der Waals surface area contributed by atoms with E-state index in [-0.39, 0.29) is 11.9 Å². The first kappa shape index (κ1) is 15.7. The second kappa shape index (κ2) is 6.87. The van der Waals surface area contributed by atoms with Crippen LogP contribution < -0.4 is 5.32 Å². The van der Waals surface area contributed by atoms with Gasteiger partial charge in [0.05, 0.1) is 6.10 Å². The Morgan fingerprint density at radius 1 is 1.40 bits per heavy atom. The molecule has 0 saturated carbocycles. The first-order valence-electron chi connectivity index (χ1n) is 7.80. The number of likely N-dealkylation sites (N-methyl/N-ethyl adjacent to an activating group) is 1. The molecular weight excluding hydrogens is 254 g/mol. The number of nitrogens with zero attached hydrogens (tertiary/aromatic N) is 2. The molecular formula is C15H29N3O2. The number of hydrogen-bond acceptors (Lipinski definition) is 4. The lowest BCUT2D eigenvalue weighted by atomic mass is 9.92. The molecule has 0 radical (unpaired) electrons. The summed E-state index contributed by atoms with van der Waals surface area (Å²) >= 11 is 0. The molecule has 2 aliphatic heterocycles. The summed E-state index contributed by atoms with van der Waals surface area (Å²) in [4.78, 5) is 16.5. The van der Waals surface area contributed by atoms with Gasteiger partial charge in [0, 0.05) is 46.4 Å². The third-order valence-corrected chi connectivity index (χ3v) is 4.51. The largest absolute Gasteiger partial charge is 0.378 e. The van der Waals surface area contributed by atoms with Gasteiger partial charge in [-0.25, -0.2) is 0 Å². The SMILES string of the molecule is CC(C)C1CC(N2CCNCC2C(=O)N(C)C)CCO1. The van der Waals surface area contributed by atoms with Crippen molar-refractivity contribution in [2.45, 2.75) is 44.9 Å². The monoisotopic (exact) mass is 283 g/mol. The van der Waals surface area contributed by atoms with Gasteiger partial charge in [0.25, 0.3) is 0 Å². The van der Waals surface area contributed by atoms with Crippen LogP contribution in [0.15, 0.2) is 0 Å². The standard InChI is InChI=1S/C15H29N3O2/c1-11(2)14-9-12(5-8-20-14)18-7-6-16-10-13(18)15(19)17(3)4/h11-14,16H,5-10H2,1-4H3. The highest BCUT2D eigenvalue weighted by Crippen LogP contribution is 2.26. The molecule has 2 saturated heterocycles. The lowest BCUT2D eigenvalue weighted by Gasteiger charge is -2.44. The molecule has 20 heavy (non-hydrogen) atoms. The van der Waals surface area contributed by atoms with Gasteiger partial charge in [-0.1, -0.05) is 13.8 Å². The van der Waals surface area contributed by atoms with Crippen molar-refractivity contribution in [2.24, 2.45) is 5.92 Å². The Labute approximate surface area is 122 Å². The highest BCUT2D eigenvalue weighted by atomic mass is 16.5. The second-order valence-corrected chi connectivity index (χ2v) is 6.52. The van der Waals surface area contributed by atoms with Crippen LogP contribution in [0.2, 0.25) is 0 Å². The van der Waals surface area contributed by atoms with Crippen LogP contribution in [0, 0.1) is 5.92 Å². The van der Waals surface area contributed by atoms with E-state index in [4.69, 9.17) is 4.74 Å². The van der Waals surface area contributed by atoms with E-state index in [0.29, 0.717) is 18.1 Å². The summed E-state index contributed by atoms with van der Waals surface area (Å²) in [5.74, 6) is 0.758. The molecule has 1 amide bonds. The summed E-state index contributed by atoms with van der Waals surface area (Å²) in [5.41, 5.74) is 0. The van der Waals surface area contributed by atoms with Gasteiger partial charge in [-0.15, -0.1) is 0 Å². The topological polar surface area (TPSA) is 44.8 Å². The fourth-order valence-corrected chi connectivity index (χ4v) is 3.26. The predicted molar refractivity (Wildman–Crippen MR) is 79.7 cm³/mol. The fourth-order valence-electron chi connectivity index (χ4n) is 3.26. The van der Waals surface area contributed by atoms with Crippen molar-refractivity contribution >= 4 is 5.91 Å². The Bertz CT molecular complexity index is 333. The Morgan fingerprint density at radius 3 is 2.80 bits per heavy atom. The number of nitrogens with one attached hydrogen (secondary N) is 1. The Kier molecular flexibility index (Phi) is 5.41. The molecule has 2 aliphatic rings. The quantitative estimate of drug-likeness (QED) is 0.822. The van der Waals surface area contributed by atoms with Crippen LogP contribution in [0.25, 0.3) is 0 Å². The van der Waals surface area contributed by atoms with Crippen LogP contribution >= 0.6 is 0 Å². The zero-order valence-corrected chi connectivity index (χ0v) is 13.3. The Balaban J connectivity index is 2.05. The van der Waals surface area contributed by atoms with E-state index in [1.165, 1.54) is 0 Å². The Hall–Kier alpha value is -0.650. The zero-order chi connectivity index (χ0) is 14.7. The average Bonchev–Trinajstić information content (AvgIpc) is 2.46. The number of carbonyl (C=O) groups is 1. The molecule has 2 rings (SSSR count). The van der Waals surface area contributed by atoms with Crippen molar-refractivity contribution in [3.63, 3.8) is 0 Å². The summed E-state index contributed by atoms with van der Waals surface area (Å²) in [7, 11) is 3.69. The van der Waals surface area contributed by atoms with Gasteiger partial charge in [-0.2, -0.15) is 0 Å². The molecule has 116 valence electrons. The lowest BCUT2D eigenvalue weighted by Crippen LogP contribution is -2.61. The van der Waals surface area contributed by atoms with Crippen LogP contribution in [-0.4, -0.2) is 74.2 Å². The van der Waals surface area contributed by atoms with E-state index in [2.05, 4.69) is 24.1 Å². The maximum absolute atomic E-state index is 12.4. The van der Waals surface area contributed by atoms with Crippen LogP contribution in [0.5, 0.6) is 0 Å². The number of carbonyl (C=O) groups excluding carboxylic acids is 1. The summed E-state index contributed by atoms with van der Waals surface area (Å²) < 4.78 is 5.87. The van der Waals surface area contributed by atoms with E-state index in [1.54, 1.807) is 4.90 Å².